The molecule has 0 heterocycles. The highest BCUT2D eigenvalue weighted by Crippen LogP contribution is 2.32. The molecule has 2 heteroatoms. The largest absolute Gasteiger partial charge is 0.508 e. The Hall–Kier alpha value is -0.690. The van der Waals surface area contributed by atoms with Crippen LogP contribution in [0.15, 0.2) is 24.3 Å². The molecule has 0 saturated heterocycles. The van der Waals surface area contributed by atoms with Gasteiger partial charge in [0.1, 0.15) is 5.75 Å². The Balaban J connectivity index is 1.94. The molecule has 2 rings (SSSR count). The first kappa shape index (κ1) is 9.85. The fraction of sp³-hybridized carbons (Fsp3) is 0.500. The number of benzene rings is 1. The minimum absolute atomic E-state index is 0.343. The molecule has 14 heavy (non-hydrogen) atoms. The van der Waals surface area contributed by atoms with Gasteiger partial charge in [-0.25, -0.2) is 0 Å². The lowest BCUT2D eigenvalue weighted by Gasteiger charge is -2.08. The summed E-state index contributed by atoms with van der Waals surface area (Å²) in [6.45, 7) is 0. The van der Waals surface area contributed by atoms with Crippen molar-refractivity contribution in [3.8, 4) is 5.75 Å². The second-order valence-electron chi connectivity index (χ2n) is 4.15. The summed E-state index contributed by atoms with van der Waals surface area (Å²) in [4.78, 5) is 0. The van der Waals surface area contributed by atoms with Crippen LogP contribution < -0.4 is 0 Å². The molecule has 0 bridgehead atoms. The third-order valence-corrected chi connectivity index (χ3v) is 3.33. The lowest BCUT2D eigenvalue weighted by atomic mass is 9.98. The van der Waals surface area contributed by atoms with Crippen LogP contribution >= 0.6 is 11.6 Å². The van der Waals surface area contributed by atoms with Gasteiger partial charge in [0, 0.05) is 5.38 Å². The van der Waals surface area contributed by atoms with Crippen LogP contribution in [0.1, 0.15) is 24.8 Å². The summed E-state index contributed by atoms with van der Waals surface area (Å²) < 4.78 is 0. The Morgan fingerprint density at radius 1 is 1.21 bits per heavy atom. The quantitative estimate of drug-likeness (QED) is 0.743. The fourth-order valence-electron chi connectivity index (χ4n) is 2.16. The van der Waals surface area contributed by atoms with Gasteiger partial charge in [0.25, 0.3) is 0 Å². The first-order valence-electron chi connectivity index (χ1n) is 5.16. The maximum absolute atomic E-state index is 9.14. The molecule has 1 saturated carbocycles. The standard InChI is InChI=1S/C12H15ClO/c13-11-4-1-10(8-11)7-9-2-5-12(14)6-3-9/h2-3,5-6,10-11,14H,1,4,7-8H2. The van der Waals surface area contributed by atoms with Crippen molar-refractivity contribution in [3.63, 3.8) is 0 Å². The number of halogens is 1. The summed E-state index contributed by atoms with van der Waals surface area (Å²) in [6.07, 6.45) is 4.64. The van der Waals surface area contributed by atoms with Crippen molar-refractivity contribution in [1.82, 2.24) is 0 Å². The molecule has 0 aromatic heterocycles. The van der Waals surface area contributed by atoms with Crippen molar-refractivity contribution in [2.24, 2.45) is 5.92 Å². The van der Waals surface area contributed by atoms with Gasteiger partial charge >= 0.3 is 0 Å². The molecule has 76 valence electrons. The molecule has 2 atom stereocenters. The second kappa shape index (κ2) is 4.22. The van der Waals surface area contributed by atoms with Crippen LogP contribution in [0.5, 0.6) is 5.75 Å². The third kappa shape index (κ3) is 2.42. The second-order valence-corrected chi connectivity index (χ2v) is 4.76. The van der Waals surface area contributed by atoms with Crippen molar-refractivity contribution in [2.45, 2.75) is 31.1 Å². The van der Waals surface area contributed by atoms with Crippen LogP contribution in [0.25, 0.3) is 0 Å². The molecule has 0 radical (unpaired) electrons. The maximum atomic E-state index is 9.14. The summed E-state index contributed by atoms with van der Waals surface area (Å²) >= 11 is 6.06. The molecule has 1 aromatic rings. The van der Waals surface area contributed by atoms with Crippen LogP contribution in [0.2, 0.25) is 0 Å². The van der Waals surface area contributed by atoms with E-state index in [1.807, 2.05) is 12.1 Å². The summed E-state index contributed by atoms with van der Waals surface area (Å²) in [6, 6.07) is 7.50. The number of alkyl halides is 1. The first-order chi connectivity index (χ1) is 6.74. The van der Waals surface area contributed by atoms with E-state index in [0.717, 1.165) is 25.2 Å². The van der Waals surface area contributed by atoms with Gasteiger partial charge in [0.15, 0.2) is 0 Å². The fourth-order valence-corrected chi connectivity index (χ4v) is 2.54. The number of rotatable bonds is 2. The average Bonchev–Trinajstić information content (AvgIpc) is 2.56. The first-order valence-corrected chi connectivity index (χ1v) is 5.59. The van der Waals surface area contributed by atoms with E-state index >= 15 is 0 Å². The van der Waals surface area contributed by atoms with Crippen molar-refractivity contribution in [1.29, 1.82) is 0 Å². The minimum Gasteiger partial charge on any atom is -0.508 e. The van der Waals surface area contributed by atoms with E-state index in [2.05, 4.69) is 0 Å². The molecular weight excluding hydrogens is 196 g/mol. The zero-order valence-corrected chi connectivity index (χ0v) is 8.87. The normalized spacial score (nSPS) is 26.6. The Labute approximate surface area is 89.7 Å². The van der Waals surface area contributed by atoms with Crippen LogP contribution in [-0.4, -0.2) is 10.5 Å². The summed E-state index contributed by atoms with van der Waals surface area (Å²) in [7, 11) is 0. The molecule has 2 unspecified atom stereocenters. The molecule has 1 aliphatic rings. The highest BCUT2D eigenvalue weighted by molar-refractivity contribution is 6.20. The van der Waals surface area contributed by atoms with Gasteiger partial charge in [-0.05, 0) is 49.3 Å². The number of aromatic hydroxyl groups is 1. The molecule has 0 amide bonds. The minimum atomic E-state index is 0.343. The van der Waals surface area contributed by atoms with E-state index < -0.39 is 0 Å². The maximum Gasteiger partial charge on any atom is 0.115 e. The van der Waals surface area contributed by atoms with E-state index in [-0.39, 0.29) is 0 Å². The lowest BCUT2D eigenvalue weighted by Crippen LogP contribution is -2.00. The smallest absolute Gasteiger partial charge is 0.115 e. The zero-order valence-electron chi connectivity index (χ0n) is 8.12. The van der Waals surface area contributed by atoms with Gasteiger partial charge in [-0.2, -0.15) is 0 Å². The van der Waals surface area contributed by atoms with Crippen LogP contribution in [0, 0.1) is 5.92 Å². The highest BCUT2D eigenvalue weighted by atomic mass is 35.5. The van der Waals surface area contributed by atoms with Crippen molar-refractivity contribution in [3.05, 3.63) is 29.8 Å². The highest BCUT2D eigenvalue weighted by Gasteiger charge is 2.22. The van der Waals surface area contributed by atoms with Crippen LogP contribution in [-0.2, 0) is 6.42 Å². The van der Waals surface area contributed by atoms with Gasteiger partial charge in [-0.1, -0.05) is 12.1 Å². The Bertz CT molecular complexity index is 294. The SMILES string of the molecule is Oc1ccc(CC2CCC(Cl)C2)cc1. The summed E-state index contributed by atoms with van der Waals surface area (Å²) in [5, 5.41) is 9.52. The van der Waals surface area contributed by atoms with E-state index in [9.17, 15) is 0 Å². The van der Waals surface area contributed by atoms with E-state index in [1.54, 1.807) is 12.1 Å². The number of hydrogen-bond acceptors (Lipinski definition) is 1. The van der Waals surface area contributed by atoms with Gasteiger partial charge < -0.3 is 5.11 Å². The predicted octanol–water partition coefficient (Wildman–Crippen LogP) is 3.34. The molecule has 1 aromatic carbocycles. The lowest BCUT2D eigenvalue weighted by molar-refractivity contribution is 0.474. The molecule has 0 spiro atoms. The van der Waals surface area contributed by atoms with E-state index in [4.69, 9.17) is 16.7 Å². The Morgan fingerprint density at radius 2 is 1.93 bits per heavy atom. The monoisotopic (exact) mass is 210 g/mol. The molecule has 1 fully saturated rings. The van der Waals surface area contributed by atoms with Crippen molar-refractivity contribution < 1.29 is 5.11 Å². The molecule has 1 N–H and O–H groups in total. The van der Waals surface area contributed by atoms with Crippen molar-refractivity contribution in [2.75, 3.05) is 0 Å². The van der Waals surface area contributed by atoms with Gasteiger partial charge in [-0.3, -0.25) is 0 Å². The van der Waals surface area contributed by atoms with E-state index in [1.165, 1.54) is 12.0 Å². The molecule has 1 nitrogen and oxygen atoms in total. The molecule has 1 aliphatic carbocycles. The summed E-state index contributed by atoms with van der Waals surface area (Å²) in [5.74, 6) is 1.08. The Morgan fingerprint density at radius 3 is 2.50 bits per heavy atom. The van der Waals surface area contributed by atoms with Gasteiger partial charge in [-0.15, -0.1) is 11.6 Å². The van der Waals surface area contributed by atoms with Gasteiger partial charge in [0.2, 0.25) is 0 Å². The van der Waals surface area contributed by atoms with Crippen molar-refractivity contribution >= 4 is 11.6 Å². The third-order valence-electron chi connectivity index (χ3n) is 2.94. The zero-order chi connectivity index (χ0) is 9.97. The van der Waals surface area contributed by atoms with E-state index in [0.29, 0.717) is 11.1 Å². The van der Waals surface area contributed by atoms with Crippen LogP contribution in [0.4, 0.5) is 0 Å². The van der Waals surface area contributed by atoms with Crippen LogP contribution in [0.3, 0.4) is 0 Å². The number of hydrogen-bond donors (Lipinski definition) is 1. The Kier molecular flexibility index (Phi) is 2.97. The topological polar surface area (TPSA) is 20.2 Å². The predicted molar refractivity (Wildman–Crippen MR) is 58.8 cm³/mol. The average molecular weight is 211 g/mol. The van der Waals surface area contributed by atoms with Gasteiger partial charge in [0.05, 0.1) is 0 Å². The molecule has 0 aliphatic heterocycles. The summed E-state index contributed by atoms with van der Waals surface area (Å²) in [5.41, 5.74) is 1.30. The number of phenols is 1. The molecular formula is C12H15ClO. The number of phenolic OH excluding ortho intramolecular Hbond substituents is 1.